The molecular weight excluding hydrogens is 889 g/mol. The largest absolute Gasteiger partial charge is 0.462 e. The molecule has 0 aromatic carbocycles. The average Bonchev–Trinajstić information content (AvgIpc) is 3.38. The number of rotatable bonds is 55. The zero-order valence-corrected chi connectivity index (χ0v) is 47.4. The molecule has 0 saturated heterocycles. The number of unbranched alkanes of at least 4 members (excludes halogenated alkanes) is 30. The van der Waals surface area contributed by atoms with Crippen LogP contribution in [0, 0.1) is 0 Å². The molecule has 0 aliphatic carbocycles. The zero-order chi connectivity index (χ0) is 52.2. The molecular formula is C66H114O6. The fourth-order valence-corrected chi connectivity index (χ4v) is 8.56. The van der Waals surface area contributed by atoms with Gasteiger partial charge in [0, 0.05) is 19.3 Å². The molecule has 414 valence electrons. The van der Waals surface area contributed by atoms with Gasteiger partial charge >= 0.3 is 17.9 Å². The van der Waals surface area contributed by atoms with Gasteiger partial charge in [-0.1, -0.05) is 266 Å². The molecule has 1 atom stereocenters. The highest BCUT2D eigenvalue weighted by Crippen LogP contribution is 2.16. The number of hydrogen-bond donors (Lipinski definition) is 0. The van der Waals surface area contributed by atoms with E-state index in [9.17, 15) is 14.4 Å². The van der Waals surface area contributed by atoms with Gasteiger partial charge in [0.05, 0.1) is 0 Å². The van der Waals surface area contributed by atoms with Crippen molar-refractivity contribution in [3.05, 3.63) is 85.1 Å². The maximum atomic E-state index is 12.9. The molecule has 0 N–H and O–H groups in total. The van der Waals surface area contributed by atoms with E-state index in [1.54, 1.807) is 0 Å². The second-order valence-electron chi connectivity index (χ2n) is 20.2. The van der Waals surface area contributed by atoms with Crippen LogP contribution in [0.4, 0.5) is 0 Å². The maximum absolute atomic E-state index is 12.9. The number of ether oxygens (including phenoxy) is 3. The van der Waals surface area contributed by atoms with Crippen LogP contribution >= 0.6 is 0 Å². The van der Waals surface area contributed by atoms with Gasteiger partial charge in [-0.2, -0.15) is 0 Å². The normalized spacial score (nSPS) is 12.7. The lowest BCUT2D eigenvalue weighted by atomic mass is 10.0. The molecule has 0 bridgehead atoms. The van der Waals surface area contributed by atoms with Crippen molar-refractivity contribution >= 4 is 17.9 Å². The Kier molecular flexibility index (Phi) is 57.3. The molecule has 0 heterocycles. The van der Waals surface area contributed by atoms with Gasteiger partial charge < -0.3 is 14.2 Å². The van der Waals surface area contributed by atoms with Crippen molar-refractivity contribution in [2.75, 3.05) is 13.2 Å². The zero-order valence-electron chi connectivity index (χ0n) is 47.4. The summed E-state index contributed by atoms with van der Waals surface area (Å²) in [6, 6.07) is 0. The Hall–Kier alpha value is -3.41. The number of hydrogen-bond acceptors (Lipinski definition) is 6. The molecule has 0 fully saturated rings. The highest BCUT2D eigenvalue weighted by atomic mass is 16.6. The van der Waals surface area contributed by atoms with Crippen molar-refractivity contribution in [3.8, 4) is 0 Å². The maximum Gasteiger partial charge on any atom is 0.306 e. The van der Waals surface area contributed by atoms with Crippen molar-refractivity contribution in [1.29, 1.82) is 0 Å². The Bertz CT molecular complexity index is 1380. The van der Waals surface area contributed by atoms with E-state index >= 15 is 0 Å². The van der Waals surface area contributed by atoms with E-state index in [1.807, 2.05) is 0 Å². The van der Waals surface area contributed by atoms with Crippen LogP contribution in [0.3, 0.4) is 0 Å². The Labute approximate surface area is 445 Å². The molecule has 1 unspecified atom stereocenters. The number of allylic oxidation sites excluding steroid dienone is 14. The van der Waals surface area contributed by atoms with Crippen LogP contribution in [0.2, 0.25) is 0 Å². The van der Waals surface area contributed by atoms with Gasteiger partial charge in [-0.05, 0) is 96.3 Å². The Balaban J connectivity index is 4.39. The van der Waals surface area contributed by atoms with Crippen LogP contribution in [0.15, 0.2) is 85.1 Å². The van der Waals surface area contributed by atoms with Crippen LogP contribution < -0.4 is 0 Å². The van der Waals surface area contributed by atoms with E-state index in [4.69, 9.17) is 14.2 Å². The van der Waals surface area contributed by atoms with Crippen molar-refractivity contribution in [3.63, 3.8) is 0 Å². The summed E-state index contributed by atoms with van der Waals surface area (Å²) >= 11 is 0. The molecule has 72 heavy (non-hydrogen) atoms. The minimum atomic E-state index is -0.790. The minimum Gasteiger partial charge on any atom is -0.462 e. The van der Waals surface area contributed by atoms with E-state index in [2.05, 4.69) is 106 Å². The lowest BCUT2D eigenvalue weighted by Crippen LogP contribution is -2.30. The van der Waals surface area contributed by atoms with Crippen molar-refractivity contribution in [1.82, 2.24) is 0 Å². The smallest absolute Gasteiger partial charge is 0.306 e. The summed E-state index contributed by atoms with van der Waals surface area (Å²) in [4.78, 5) is 38.2. The third kappa shape index (κ3) is 57.5. The minimum absolute atomic E-state index is 0.0869. The van der Waals surface area contributed by atoms with Gasteiger partial charge in [0.25, 0.3) is 0 Å². The molecule has 0 spiro atoms. The summed E-state index contributed by atoms with van der Waals surface area (Å²) in [5, 5.41) is 0. The summed E-state index contributed by atoms with van der Waals surface area (Å²) in [5.41, 5.74) is 0. The first-order chi connectivity index (χ1) is 35.5. The highest BCUT2D eigenvalue weighted by Gasteiger charge is 2.19. The van der Waals surface area contributed by atoms with Gasteiger partial charge in [-0.15, -0.1) is 0 Å². The monoisotopic (exact) mass is 1000 g/mol. The molecule has 0 saturated carbocycles. The van der Waals surface area contributed by atoms with Gasteiger partial charge in [0.1, 0.15) is 13.2 Å². The Morgan fingerprint density at radius 2 is 0.542 bits per heavy atom. The molecule has 0 rings (SSSR count). The Morgan fingerprint density at radius 3 is 0.875 bits per heavy atom. The van der Waals surface area contributed by atoms with Gasteiger partial charge in [0.2, 0.25) is 0 Å². The highest BCUT2D eigenvalue weighted by molar-refractivity contribution is 5.71. The van der Waals surface area contributed by atoms with E-state index in [0.29, 0.717) is 19.3 Å². The third-order valence-corrected chi connectivity index (χ3v) is 13.1. The second-order valence-corrected chi connectivity index (χ2v) is 20.2. The summed E-state index contributed by atoms with van der Waals surface area (Å²) in [6.45, 7) is 6.51. The lowest BCUT2D eigenvalue weighted by molar-refractivity contribution is -0.167. The molecule has 0 aliphatic rings. The fourth-order valence-electron chi connectivity index (χ4n) is 8.56. The van der Waals surface area contributed by atoms with E-state index < -0.39 is 6.10 Å². The van der Waals surface area contributed by atoms with Crippen molar-refractivity contribution in [2.45, 2.75) is 303 Å². The van der Waals surface area contributed by atoms with E-state index in [-0.39, 0.29) is 31.1 Å². The van der Waals surface area contributed by atoms with Crippen LogP contribution in [-0.4, -0.2) is 37.2 Å². The molecule has 0 radical (unpaired) electrons. The van der Waals surface area contributed by atoms with Crippen LogP contribution in [0.5, 0.6) is 0 Å². The first kappa shape index (κ1) is 68.6. The van der Waals surface area contributed by atoms with Crippen LogP contribution in [0.25, 0.3) is 0 Å². The standard InChI is InChI=1S/C66H114O6/c1-4-7-10-13-16-19-22-25-27-29-31-32-33-34-35-37-38-41-44-47-50-53-56-59-65(68)71-62-63(61-70-64(67)58-55-52-49-46-43-40-24-21-18-15-12-9-6-3)72-66(69)60-57-54-51-48-45-42-39-36-30-28-26-23-20-17-14-11-8-5-2/h7,10,16,19,21,24-25,27,31-32,34-35,38,41,63H,4-6,8-9,11-15,17-18,20,22-23,26,28-30,33,36-37,39-40,42-62H2,1-3H3/b10-7-,19-16-,24-21-,27-25-,32-31-,35-34-,41-38-. The quantitative estimate of drug-likeness (QED) is 0.0261. The third-order valence-electron chi connectivity index (χ3n) is 13.1. The first-order valence-corrected chi connectivity index (χ1v) is 30.6. The Morgan fingerprint density at radius 1 is 0.292 bits per heavy atom. The molecule has 0 aromatic rings. The van der Waals surface area contributed by atoms with E-state index in [0.717, 1.165) is 116 Å². The molecule has 6 nitrogen and oxygen atoms in total. The molecule has 0 amide bonds. The van der Waals surface area contributed by atoms with Crippen molar-refractivity contribution in [2.24, 2.45) is 0 Å². The SMILES string of the molecule is CC/C=C\C/C=C\C/C=C\C/C=C\C/C=C\C/C=C\CCCCCCC(=O)OCC(COC(=O)CCCCCCC/C=C\CCCCCC)OC(=O)CCCCCCCCCCCCCCCCCCCC. The molecule has 6 heteroatoms. The van der Waals surface area contributed by atoms with Gasteiger partial charge in [-0.25, -0.2) is 0 Å². The first-order valence-electron chi connectivity index (χ1n) is 30.6. The number of esters is 3. The predicted molar refractivity (Wildman–Crippen MR) is 311 cm³/mol. The number of carbonyl (C=O) groups excluding carboxylic acids is 3. The lowest BCUT2D eigenvalue weighted by Gasteiger charge is -2.18. The predicted octanol–water partition coefficient (Wildman–Crippen LogP) is 20.7. The summed E-state index contributed by atoms with van der Waals surface area (Å²) in [5.74, 6) is -0.909. The van der Waals surface area contributed by atoms with E-state index in [1.165, 1.54) is 141 Å². The van der Waals surface area contributed by atoms with Crippen molar-refractivity contribution < 1.29 is 28.6 Å². The van der Waals surface area contributed by atoms with Crippen LogP contribution in [0.1, 0.15) is 297 Å². The summed E-state index contributed by atoms with van der Waals surface area (Å²) in [6.07, 6.45) is 78.6. The fraction of sp³-hybridized carbons (Fsp3) is 0.742. The summed E-state index contributed by atoms with van der Waals surface area (Å²) < 4.78 is 16.9. The summed E-state index contributed by atoms with van der Waals surface area (Å²) in [7, 11) is 0. The van der Waals surface area contributed by atoms with Gasteiger partial charge in [-0.3, -0.25) is 14.4 Å². The molecule has 0 aliphatic heterocycles. The average molecular weight is 1000 g/mol. The topological polar surface area (TPSA) is 78.9 Å². The number of carbonyl (C=O) groups is 3. The second kappa shape index (κ2) is 60.1. The van der Waals surface area contributed by atoms with Crippen LogP contribution in [-0.2, 0) is 28.6 Å². The molecule has 0 aromatic heterocycles. The van der Waals surface area contributed by atoms with Gasteiger partial charge in [0.15, 0.2) is 6.10 Å².